The largest absolute Gasteiger partial charge is 0.451 e. The molecule has 1 fully saturated rings. The van der Waals surface area contributed by atoms with E-state index in [0.717, 1.165) is 10.2 Å². The van der Waals surface area contributed by atoms with Crippen molar-refractivity contribution < 1.29 is 22.7 Å². The minimum absolute atomic E-state index is 0.0436. The van der Waals surface area contributed by atoms with Gasteiger partial charge in [-0.3, -0.25) is 9.59 Å². The smallest absolute Gasteiger partial charge is 0.359 e. The maximum Gasteiger partial charge on any atom is 0.359 e. The Balaban J connectivity index is 1.61. The second kappa shape index (κ2) is 8.56. The molecule has 1 aromatic carbocycles. The van der Waals surface area contributed by atoms with Gasteiger partial charge in [0, 0.05) is 19.2 Å². The molecule has 1 atom stereocenters. The van der Waals surface area contributed by atoms with Crippen LogP contribution in [-0.2, 0) is 25.9 Å². The van der Waals surface area contributed by atoms with Gasteiger partial charge >= 0.3 is 5.97 Å². The molecule has 10 heteroatoms. The molecule has 0 N–H and O–H groups in total. The predicted octanol–water partition coefficient (Wildman–Crippen LogP) is 0.0939. The zero-order valence-corrected chi connectivity index (χ0v) is 16.7. The van der Waals surface area contributed by atoms with Crippen LogP contribution in [0.15, 0.2) is 47.3 Å². The van der Waals surface area contributed by atoms with Crippen molar-refractivity contribution >= 4 is 21.7 Å². The average Bonchev–Trinajstić information content (AvgIpc) is 3.07. The lowest BCUT2D eigenvalue weighted by Gasteiger charge is -2.23. The van der Waals surface area contributed by atoms with Gasteiger partial charge in [0.05, 0.1) is 18.1 Å². The van der Waals surface area contributed by atoms with Crippen LogP contribution in [0.1, 0.15) is 22.5 Å². The first-order valence-corrected chi connectivity index (χ1v) is 10.8. The van der Waals surface area contributed by atoms with Crippen LogP contribution >= 0.6 is 0 Å². The van der Waals surface area contributed by atoms with Gasteiger partial charge in [-0.15, -0.1) is 0 Å². The fourth-order valence-electron chi connectivity index (χ4n) is 3.01. The predicted molar refractivity (Wildman–Crippen MR) is 104 cm³/mol. The maximum absolute atomic E-state index is 12.2. The van der Waals surface area contributed by atoms with E-state index in [2.05, 4.69) is 5.10 Å². The molecule has 1 aromatic heterocycles. The molecule has 0 aliphatic carbocycles. The highest BCUT2D eigenvalue weighted by molar-refractivity contribution is 7.91. The lowest BCUT2D eigenvalue weighted by atomic mass is 10.2. The van der Waals surface area contributed by atoms with Crippen molar-refractivity contribution in [2.45, 2.75) is 19.0 Å². The number of ether oxygens (including phenoxy) is 1. The minimum Gasteiger partial charge on any atom is -0.451 e. The number of likely N-dealkylation sites (N-methyl/N-ethyl adjacent to an activating group) is 1. The standard InChI is InChI=1S/C19H21N3O6S/c1-21(15-9-10-29(26,27)13-15)18(24)12-28-19(25)16-7-8-17(23)22(20-16)11-14-5-3-2-4-6-14/h2-8,15H,9-13H2,1H3. The lowest BCUT2D eigenvalue weighted by Crippen LogP contribution is -2.40. The number of hydrogen-bond acceptors (Lipinski definition) is 7. The van der Waals surface area contributed by atoms with Gasteiger partial charge in [-0.2, -0.15) is 5.10 Å². The van der Waals surface area contributed by atoms with Gasteiger partial charge < -0.3 is 9.64 Å². The highest BCUT2D eigenvalue weighted by atomic mass is 32.2. The molecule has 1 unspecified atom stereocenters. The molecule has 1 aliphatic heterocycles. The van der Waals surface area contributed by atoms with Crippen molar-refractivity contribution in [1.29, 1.82) is 0 Å². The molecule has 29 heavy (non-hydrogen) atoms. The molecule has 9 nitrogen and oxygen atoms in total. The highest BCUT2D eigenvalue weighted by Crippen LogP contribution is 2.16. The van der Waals surface area contributed by atoms with E-state index < -0.39 is 34.4 Å². The summed E-state index contributed by atoms with van der Waals surface area (Å²) in [5.74, 6) is -1.39. The molecule has 2 aromatic rings. The Labute approximate surface area is 167 Å². The SMILES string of the molecule is CN(C(=O)COC(=O)c1ccc(=O)n(Cc2ccccc2)n1)C1CCS(=O)(=O)C1. The summed E-state index contributed by atoms with van der Waals surface area (Å²) in [6, 6.07) is 11.2. The van der Waals surface area contributed by atoms with Crippen LogP contribution in [0.5, 0.6) is 0 Å². The van der Waals surface area contributed by atoms with E-state index in [1.807, 2.05) is 30.3 Å². The number of aromatic nitrogens is 2. The first-order valence-electron chi connectivity index (χ1n) is 9.00. The lowest BCUT2D eigenvalue weighted by molar-refractivity contribution is -0.134. The van der Waals surface area contributed by atoms with Gasteiger partial charge in [0.25, 0.3) is 11.5 Å². The summed E-state index contributed by atoms with van der Waals surface area (Å²) < 4.78 is 29.3. The minimum atomic E-state index is -3.13. The Bertz CT molecular complexity index is 1060. The average molecular weight is 419 g/mol. The molecule has 154 valence electrons. The third-order valence-corrected chi connectivity index (χ3v) is 6.48. The van der Waals surface area contributed by atoms with Crippen molar-refractivity contribution in [3.8, 4) is 0 Å². The zero-order valence-electron chi connectivity index (χ0n) is 15.9. The number of esters is 1. The van der Waals surface area contributed by atoms with Crippen LogP contribution in [0.4, 0.5) is 0 Å². The summed E-state index contributed by atoms with van der Waals surface area (Å²) in [5, 5.41) is 4.01. The highest BCUT2D eigenvalue weighted by Gasteiger charge is 2.33. The summed E-state index contributed by atoms with van der Waals surface area (Å²) in [6.45, 7) is -0.343. The van der Waals surface area contributed by atoms with Gasteiger partial charge in [0.2, 0.25) is 0 Å². The number of carbonyl (C=O) groups excluding carboxylic acids is 2. The Morgan fingerprint density at radius 2 is 1.93 bits per heavy atom. The summed E-state index contributed by atoms with van der Waals surface area (Å²) >= 11 is 0. The van der Waals surface area contributed by atoms with Crippen LogP contribution in [0.25, 0.3) is 0 Å². The number of rotatable bonds is 6. The number of nitrogens with zero attached hydrogens (tertiary/aromatic N) is 3. The number of carbonyl (C=O) groups is 2. The quantitative estimate of drug-likeness (QED) is 0.610. The fraction of sp³-hybridized carbons (Fsp3) is 0.368. The van der Waals surface area contributed by atoms with Crippen LogP contribution < -0.4 is 5.56 Å². The molecule has 3 rings (SSSR count). The first-order chi connectivity index (χ1) is 13.7. The van der Waals surface area contributed by atoms with Crippen LogP contribution in [0.2, 0.25) is 0 Å². The molecule has 1 saturated heterocycles. The molecule has 1 amide bonds. The second-order valence-electron chi connectivity index (χ2n) is 6.84. The van der Waals surface area contributed by atoms with E-state index in [4.69, 9.17) is 4.74 Å². The summed E-state index contributed by atoms with van der Waals surface area (Å²) in [7, 11) is -1.64. The van der Waals surface area contributed by atoms with Gasteiger partial charge in [-0.25, -0.2) is 17.9 Å². The topological polar surface area (TPSA) is 116 Å². The molecular formula is C19H21N3O6S. The van der Waals surface area contributed by atoms with Crippen LogP contribution in [-0.4, -0.2) is 66.2 Å². The second-order valence-corrected chi connectivity index (χ2v) is 9.07. The number of amides is 1. The number of benzene rings is 1. The van der Waals surface area contributed by atoms with E-state index in [9.17, 15) is 22.8 Å². The van der Waals surface area contributed by atoms with Gasteiger partial charge in [0.1, 0.15) is 0 Å². The molecule has 0 spiro atoms. The Morgan fingerprint density at radius 3 is 2.59 bits per heavy atom. The zero-order chi connectivity index (χ0) is 21.0. The third-order valence-electron chi connectivity index (χ3n) is 4.73. The van der Waals surface area contributed by atoms with Crippen molar-refractivity contribution in [2.75, 3.05) is 25.2 Å². The van der Waals surface area contributed by atoms with E-state index in [1.54, 1.807) is 0 Å². The molecule has 2 heterocycles. The molecule has 1 aliphatic rings. The third kappa shape index (κ3) is 5.29. The summed E-state index contributed by atoms with van der Waals surface area (Å²) in [5.41, 5.74) is 0.374. The number of hydrogen-bond donors (Lipinski definition) is 0. The first kappa shape index (κ1) is 20.7. The molecule has 0 bridgehead atoms. The fourth-order valence-corrected chi connectivity index (χ4v) is 4.79. The van der Waals surface area contributed by atoms with E-state index in [1.165, 1.54) is 24.1 Å². The number of sulfone groups is 1. The van der Waals surface area contributed by atoms with E-state index in [0.29, 0.717) is 6.42 Å². The Hall–Kier alpha value is -3.01. The van der Waals surface area contributed by atoms with E-state index >= 15 is 0 Å². The summed E-state index contributed by atoms with van der Waals surface area (Å²) in [6.07, 6.45) is 0.366. The molecular weight excluding hydrogens is 398 g/mol. The van der Waals surface area contributed by atoms with Gasteiger partial charge in [-0.1, -0.05) is 30.3 Å². The normalized spacial score (nSPS) is 17.6. The van der Waals surface area contributed by atoms with Crippen molar-refractivity contribution in [3.05, 3.63) is 64.1 Å². The summed E-state index contributed by atoms with van der Waals surface area (Å²) in [4.78, 5) is 37.7. The van der Waals surface area contributed by atoms with Crippen molar-refractivity contribution in [3.63, 3.8) is 0 Å². The van der Waals surface area contributed by atoms with Crippen LogP contribution in [0.3, 0.4) is 0 Å². The maximum atomic E-state index is 12.2. The molecule has 0 saturated carbocycles. The molecule has 0 radical (unpaired) electrons. The Morgan fingerprint density at radius 1 is 1.21 bits per heavy atom. The van der Waals surface area contributed by atoms with Crippen LogP contribution in [0, 0.1) is 0 Å². The Kier molecular flexibility index (Phi) is 6.12. The van der Waals surface area contributed by atoms with E-state index in [-0.39, 0.29) is 29.3 Å². The van der Waals surface area contributed by atoms with Crippen molar-refractivity contribution in [2.24, 2.45) is 0 Å². The van der Waals surface area contributed by atoms with Gasteiger partial charge in [-0.05, 0) is 18.1 Å². The van der Waals surface area contributed by atoms with Gasteiger partial charge in [0.15, 0.2) is 22.1 Å². The monoisotopic (exact) mass is 419 g/mol. The van der Waals surface area contributed by atoms with Crippen molar-refractivity contribution in [1.82, 2.24) is 14.7 Å².